The van der Waals surface area contributed by atoms with Crippen molar-refractivity contribution in [2.24, 2.45) is 11.3 Å². The molecular formula is C9H16. The summed E-state index contributed by atoms with van der Waals surface area (Å²) in [6.45, 7) is 9.18. The molecule has 0 amide bonds. The van der Waals surface area contributed by atoms with E-state index in [0.717, 1.165) is 5.92 Å². The van der Waals surface area contributed by atoms with Crippen LogP contribution in [0.3, 0.4) is 0 Å². The van der Waals surface area contributed by atoms with Crippen LogP contribution < -0.4 is 0 Å². The monoisotopic (exact) mass is 124 g/mol. The Morgan fingerprint density at radius 1 is 1.56 bits per heavy atom. The molecule has 1 rings (SSSR count). The van der Waals surface area contributed by atoms with Crippen molar-refractivity contribution in [3.8, 4) is 0 Å². The molecule has 0 radical (unpaired) electrons. The molecule has 0 N–H and O–H groups in total. The van der Waals surface area contributed by atoms with E-state index in [1.54, 1.807) is 5.57 Å². The van der Waals surface area contributed by atoms with Crippen LogP contribution in [0.5, 0.6) is 0 Å². The highest BCUT2D eigenvalue weighted by Crippen LogP contribution is 2.39. The van der Waals surface area contributed by atoms with E-state index in [1.807, 2.05) is 0 Å². The maximum absolute atomic E-state index is 2.40. The predicted octanol–water partition coefficient (Wildman–Crippen LogP) is 3.00. The Hall–Kier alpha value is -0.260. The van der Waals surface area contributed by atoms with Gasteiger partial charge in [0.1, 0.15) is 0 Å². The van der Waals surface area contributed by atoms with E-state index in [0.29, 0.717) is 5.41 Å². The molecule has 0 saturated heterocycles. The van der Waals surface area contributed by atoms with Crippen molar-refractivity contribution < 1.29 is 0 Å². The van der Waals surface area contributed by atoms with Crippen LogP contribution in [0.2, 0.25) is 0 Å². The van der Waals surface area contributed by atoms with Crippen molar-refractivity contribution in [3.63, 3.8) is 0 Å². The third kappa shape index (κ3) is 1.17. The molecule has 52 valence electrons. The molecule has 1 unspecified atom stereocenters. The molecule has 0 spiro atoms. The zero-order chi connectivity index (χ0) is 7.07. The number of hydrogen-bond acceptors (Lipinski definition) is 0. The Morgan fingerprint density at radius 2 is 2.11 bits per heavy atom. The van der Waals surface area contributed by atoms with E-state index >= 15 is 0 Å². The molecule has 1 atom stereocenters. The molecule has 0 bridgehead atoms. The molecule has 1 aliphatic rings. The first-order valence-electron chi connectivity index (χ1n) is 3.71. The summed E-state index contributed by atoms with van der Waals surface area (Å²) in [5, 5.41) is 0. The molecule has 9 heavy (non-hydrogen) atoms. The van der Waals surface area contributed by atoms with Crippen molar-refractivity contribution >= 4 is 0 Å². The van der Waals surface area contributed by atoms with E-state index in [9.17, 15) is 0 Å². The lowest BCUT2D eigenvalue weighted by Crippen LogP contribution is -2.12. The molecular weight excluding hydrogens is 108 g/mol. The third-order valence-corrected chi connectivity index (χ3v) is 2.52. The summed E-state index contributed by atoms with van der Waals surface area (Å²) >= 11 is 0. The maximum atomic E-state index is 2.40. The van der Waals surface area contributed by atoms with E-state index in [2.05, 4.69) is 33.8 Å². The van der Waals surface area contributed by atoms with Gasteiger partial charge in [-0.05, 0) is 24.7 Å². The van der Waals surface area contributed by atoms with Crippen molar-refractivity contribution in [1.82, 2.24) is 0 Å². The lowest BCUT2D eigenvalue weighted by Gasteiger charge is -2.21. The number of rotatable bonds is 0. The molecule has 0 heteroatoms. The summed E-state index contributed by atoms with van der Waals surface area (Å²) in [7, 11) is 0. The summed E-state index contributed by atoms with van der Waals surface area (Å²) in [6.07, 6.45) is 3.70. The van der Waals surface area contributed by atoms with Crippen LogP contribution in [-0.2, 0) is 0 Å². The minimum Gasteiger partial charge on any atom is -0.0796 e. The van der Waals surface area contributed by atoms with Gasteiger partial charge in [0.15, 0.2) is 0 Å². The summed E-state index contributed by atoms with van der Waals surface area (Å²) in [5.74, 6) is 0.845. The van der Waals surface area contributed by atoms with Gasteiger partial charge in [0.2, 0.25) is 0 Å². The van der Waals surface area contributed by atoms with Crippen LogP contribution in [0.25, 0.3) is 0 Å². The Balaban J connectivity index is 2.76. The Bertz CT molecular complexity index is 140. The molecule has 0 fully saturated rings. The first-order valence-corrected chi connectivity index (χ1v) is 3.71. The van der Waals surface area contributed by atoms with Crippen molar-refractivity contribution in [3.05, 3.63) is 11.6 Å². The van der Waals surface area contributed by atoms with E-state index in [1.165, 1.54) is 6.42 Å². The van der Waals surface area contributed by atoms with Gasteiger partial charge in [0, 0.05) is 0 Å². The number of allylic oxidation sites excluding steroid dienone is 2. The predicted molar refractivity (Wildman–Crippen MR) is 41.3 cm³/mol. The Labute approximate surface area is 58.0 Å². The van der Waals surface area contributed by atoms with Gasteiger partial charge in [0.05, 0.1) is 0 Å². The lowest BCUT2D eigenvalue weighted by atomic mass is 9.84. The van der Waals surface area contributed by atoms with Gasteiger partial charge in [-0.2, -0.15) is 0 Å². The molecule has 0 saturated carbocycles. The molecule has 1 aliphatic carbocycles. The molecule has 0 heterocycles. The Kier molecular flexibility index (Phi) is 1.42. The third-order valence-electron chi connectivity index (χ3n) is 2.52. The normalized spacial score (nSPS) is 32.4. The van der Waals surface area contributed by atoms with Gasteiger partial charge in [-0.15, -0.1) is 0 Å². The highest BCUT2D eigenvalue weighted by atomic mass is 14.3. The van der Waals surface area contributed by atoms with E-state index in [4.69, 9.17) is 0 Å². The van der Waals surface area contributed by atoms with Crippen molar-refractivity contribution in [2.75, 3.05) is 0 Å². The second kappa shape index (κ2) is 1.86. The standard InChI is InChI=1S/C9H16/c1-7-5-8(2)9(3,4)6-7/h6,8H,5H2,1-4H3. The zero-order valence-electron chi connectivity index (χ0n) is 6.86. The molecule has 0 aromatic rings. The maximum Gasteiger partial charge on any atom is -0.0144 e. The van der Waals surface area contributed by atoms with Gasteiger partial charge < -0.3 is 0 Å². The first kappa shape index (κ1) is 6.85. The summed E-state index contributed by atoms with van der Waals surface area (Å²) in [5.41, 5.74) is 2.02. The minimum absolute atomic E-state index is 0.462. The lowest BCUT2D eigenvalue weighted by molar-refractivity contribution is 0.334. The van der Waals surface area contributed by atoms with Crippen LogP contribution in [0.4, 0.5) is 0 Å². The minimum atomic E-state index is 0.462. The van der Waals surface area contributed by atoms with Crippen molar-refractivity contribution in [1.29, 1.82) is 0 Å². The fraction of sp³-hybridized carbons (Fsp3) is 0.778. The van der Waals surface area contributed by atoms with Gasteiger partial charge in [-0.25, -0.2) is 0 Å². The topological polar surface area (TPSA) is 0 Å². The molecule has 0 aromatic carbocycles. The van der Waals surface area contributed by atoms with E-state index < -0.39 is 0 Å². The van der Waals surface area contributed by atoms with Crippen LogP contribution in [-0.4, -0.2) is 0 Å². The quantitative estimate of drug-likeness (QED) is 0.435. The van der Waals surface area contributed by atoms with Crippen LogP contribution in [0, 0.1) is 11.3 Å². The van der Waals surface area contributed by atoms with Gasteiger partial charge in [-0.1, -0.05) is 32.4 Å². The zero-order valence-corrected chi connectivity index (χ0v) is 6.86. The fourth-order valence-corrected chi connectivity index (χ4v) is 1.58. The summed E-state index contributed by atoms with van der Waals surface area (Å²) in [6, 6.07) is 0. The van der Waals surface area contributed by atoms with Crippen LogP contribution >= 0.6 is 0 Å². The largest absolute Gasteiger partial charge is 0.0796 e. The summed E-state index contributed by atoms with van der Waals surface area (Å²) < 4.78 is 0. The fourth-order valence-electron chi connectivity index (χ4n) is 1.58. The molecule has 0 aliphatic heterocycles. The smallest absolute Gasteiger partial charge is 0.0144 e. The second-order valence-electron chi connectivity index (χ2n) is 3.92. The van der Waals surface area contributed by atoms with Gasteiger partial charge >= 0.3 is 0 Å². The van der Waals surface area contributed by atoms with Gasteiger partial charge in [-0.3, -0.25) is 0 Å². The Morgan fingerprint density at radius 3 is 2.22 bits per heavy atom. The van der Waals surface area contributed by atoms with Crippen LogP contribution in [0.1, 0.15) is 34.1 Å². The first-order chi connectivity index (χ1) is 4.02. The second-order valence-corrected chi connectivity index (χ2v) is 3.92. The SMILES string of the molecule is CC1=CC(C)(C)C(C)C1. The van der Waals surface area contributed by atoms with Gasteiger partial charge in [0.25, 0.3) is 0 Å². The number of hydrogen-bond donors (Lipinski definition) is 0. The average Bonchev–Trinajstić information content (AvgIpc) is 1.79. The highest BCUT2D eigenvalue weighted by Gasteiger charge is 2.28. The molecule has 0 nitrogen and oxygen atoms in total. The van der Waals surface area contributed by atoms with Crippen molar-refractivity contribution in [2.45, 2.75) is 34.1 Å². The summed E-state index contributed by atoms with van der Waals surface area (Å²) in [4.78, 5) is 0. The average molecular weight is 124 g/mol. The van der Waals surface area contributed by atoms with E-state index in [-0.39, 0.29) is 0 Å². The molecule has 0 aromatic heterocycles. The van der Waals surface area contributed by atoms with Crippen LogP contribution in [0.15, 0.2) is 11.6 Å². The highest BCUT2D eigenvalue weighted by molar-refractivity contribution is 5.14.